The zero-order valence-corrected chi connectivity index (χ0v) is 13.5. The van der Waals surface area contributed by atoms with Crippen LogP contribution in [0.2, 0.25) is 0 Å². The van der Waals surface area contributed by atoms with Crippen LogP contribution in [0.25, 0.3) is 0 Å². The predicted octanol–water partition coefficient (Wildman–Crippen LogP) is 4.34. The summed E-state index contributed by atoms with van der Waals surface area (Å²) < 4.78 is 0. The summed E-state index contributed by atoms with van der Waals surface area (Å²) in [6, 6.07) is 0.410. The quantitative estimate of drug-likeness (QED) is 0.631. The summed E-state index contributed by atoms with van der Waals surface area (Å²) in [5.74, 6) is 1.45. The van der Waals surface area contributed by atoms with Crippen LogP contribution in [0, 0.1) is 17.8 Å². The molecule has 0 aliphatic rings. The number of hydrogen-bond acceptors (Lipinski definition) is 1. The average molecular weight is 255 g/mol. The molecule has 0 aliphatic heterocycles. The fraction of sp³-hybridized carbons (Fsp3) is 0.938. The van der Waals surface area contributed by atoms with Crippen molar-refractivity contribution in [1.82, 2.24) is 4.90 Å². The molecule has 1 amide bonds. The standard InChI is InChI=1S/C16H33NO/c1-8-13(7)15(12(5)6)16(18)17(11-4)14(9-2)10-3/h12-15H,8-11H2,1-7H3. The molecule has 0 aromatic rings. The zero-order chi connectivity index (χ0) is 14.3. The summed E-state index contributed by atoms with van der Waals surface area (Å²) >= 11 is 0. The highest BCUT2D eigenvalue weighted by atomic mass is 16.2. The van der Waals surface area contributed by atoms with E-state index in [1.165, 1.54) is 0 Å². The Balaban J connectivity index is 5.02. The van der Waals surface area contributed by atoms with E-state index in [9.17, 15) is 4.79 Å². The van der Waals surface area contributed by atoms with Gasteiger partial charge >= 0.3 is 0 Å². The first-order valence-electron chi connectivity index (χ1n) is 7.74. The van der Waals surface area contributed by atoms with Crippen LogP contribution in [0.5, 0.6) is 0 Å². The molecule has 0 rings (SSSR count). The van der Waals surface area contributed by atoms with Gasteiger partial charge in [0.05, 0.1) is 0 Å². The van der Waals surface area contributed by atoms with Crippen molar-refractivity contribution in [3.8, 4) is 0 Å². The number of carbonyl (C=O) groups excluding carboxylic acids is 1. The molecule has 0 heterocycles. The number of rotatable bonds is 8. The molecular formula is C16H33NO. The number of nitrogens with zero attached hydrogens (tertiary/aromatic N) is 1. The minimum atomic E-state index is 0.176. The zero-order valence-electron chi connectivity index (χ0n) is 13.5. The van der Waals surface area contributed by atoms with Crippen molar-refractivity contribution in [3.63, 3.8) is 0 Å². The van der Waals surface area contributed by atoms with Crippen LogP contribution in [-0.4, -0.2) is 23.4 Å². The van der Waals surface area contributed by atoms with Crippen molar-refractivity contribution >= 4 is 5.91 Å². The molecule has 0 radical (unpaired) electrons. The highest BCUT2D eigenvalue weighted by Crippen LogP contribution is 2.27. The van der Waals surface area contributed by atoms with Gasteiger partial charge in [-0.15, -0.1) is 0 Å². The molecule has 2 atom stereocenters. The minimum Gasteiger partial charge on any atom is -0.340 e. The van der Waals surface area contributed by atoms with Gasteiger partial charge in [-0.3, -0.25) is 4.79 Å². The highest BCUT2D eigenvalue weighted by molar-refractivity contribution is 5.79. The van der Waals surface area contributed by atoms with Gasteiger partial charge in [-0.1, -0.05) is 48.0 Å². The van der Waals surface area contributed by atoms with E-state index >= 15 is 0 Å². The van der Waals surface area contributed by atoms with Gasteiger partial charge in [-0.05, 0) is 31.6 Å². The van der Waals surface area contributed by atoms with E-state index in [2.05, 4.69) is 53.4 Å². The predicted molar refractivity (Wildman–Crippen MR) is 79.5 cm³/mol. The number of carbonyl (C=O) groups is 1. The van der Waals surface area contributed by atoms with Gasteiger partial charge < -0.3 is 4.90 Å². The number of amides is 1. The van der Waals surface area contributed by atoms with Gasteiger partial charge in [0.25, 0.3) is 0 Å². The summed E-state index contributed by atoms with van der Waals surface area (Å²) in [5, 5.41) is 0. The lowest BCUT2D eigenvalue weighted by molar-refractivity contribution is -0.141. The van der Waals surface area contributed by atoms with E-state index in [0.29, 0.717) is 23.8 Å². The van der Waals surface area contributed by atoms with Gasteiger partial charge in [-0.2, -0.15) is 0 Å². The van der Waals surface area contributed by atoms with Crippen molar-refractivity contribution < 1.29 is 4.79 Å². The first-order chi connectivity index (χ1) is 8.44. The van der Waals surface area contributed by atoms with Crippen molar-refractivity contribution in [2.45, 2.75) is 73.8 Å². The third-order valence-electron chi connectivity index (χ3n) is 4.27. The molecular weight excluding hydrogens is 222 g/mol. The van der Waals surface area contributed by atoms with Gasteiger partial charge in [0.2, 0.25) is 5.91 Å². The molecule has 0 fully saturated rings. The second-order valence-corrected chi connectivity index (χ2v) is 5.75. The van der Waals surface area contributed by atoms with Crippen molar-refractivity contribution in [3.05, 3.63) is 0 Å². The first kappa shape index (κ1) is 17.5. The third-order valence-corrected chi connectivity index (χ3v) is 4.27. The minimum absolute atomic E-state index is 0.176. The Morgan fingerprint density at radius 2 is 1.44 bits per heavy atom. The highest BCUT2D eigenvalue weighted by Gasteiger charge is 2.32. The number of hydrogen-bond donors (Lipinski definition) is 0. The van der Waals surface area contributed by atoms with E-state index in [4.69, 9.17) is 0 Å². The van der Waals surface area contributed by atoms with E-state index in [0.717, 1.165) is 25.8 Å². The summed E-state index contributed by atoms with van der Waals surface area (Å²) in [7, 11) is 0. The Labute approximate surface area is 114 Å². The van der Waals surface area contributed by atoms with Gasteiger partial charge in [0.1, 0.15) is 0 Å². The molecule has 2 heteroatoms. The van der Waals surface area contributed by atoms with Crippen LogP contribution in [0.3, 0.4) is 0 Å². The summed E-state index contributed by atoms with van der Waals surface area (Å²) in [5.41, 5.74) is 0. The second-order valence-electron chi connectivity index (χ2n) is 5.75. The van der Waals surface area contributed by atoms with Crippen LogP contribution in [0.4, 0.5) is 0 Å². The summed E-state index contributed by atoms with van der Waals surface area (Å²) in [6.45, 7) is 16.0. The van der Waals surface area contributed by atoms with Crippen molar-refractivity contribution in [2.24, 2.45) is 17.8 Å². The lowest BCUT2D eigenvalue weighted by Crippen LogP contribution is -2.46. The van der Waals surface area contributed by atoms with Crippen LogP contribution in [0.15, 0.2) is 0 Å². The SMILES string of the molecule is CCC(C)C(C(=O)N(CC)C(CC)CC)C(C)C. The van der Waals surface area contributed by atoms with Crippen LogP contribution < -0.4 is 0 Å². The molecule has 0 saturated carbocycles. The van der Waals surface area contributed by atoms with Crippen LogP contribution >= 0.6 is 0 Å². The Morgan fingerprint density at radius 3 is 1.72 bits per heavy atom. The van der Waals surface area contributed by atoms with Crippen LogP contribution in [0.1, 0.15) is 67.7 Å². The normalized spacial score (nSPS) is 14.9. The Kier molecular flexibility index (Phi) is 8.30. The van der Waals surface area contributed by atoms with E-state index in [1.54, 1.807) is 0 Å². The summed E-state index contributed by atoms with van der Waals surface area (Å²) in [6.07, 6.45) is 3.19. The fourth-order valence-corrected chi connectivity index (χ4v) is 2.95. The molecule has 0 aliphatic carbocycles. The van der Waals surface area contributed by atoms with E-state index < -0.39 is 0 Å². The van der Waals surface area contributed by atoms with E-state index in [1.807, 2.05) is 0 Å². The monoisotopic (exact) mass is 255 g/mol. The first-order valence-corrected chi connectivity index (χ1v) is 7.74. The molecule has 0 N–H and O–H groups in total. The van der Waals surface area contributed by atoms with Gasteiger partial charge in [0, 0.05) is 18.5 Å². The Morgan fingerprint density at radius 1 is 0.944 bits per heavy atom. The van der Waals surface area contributed by atoms with Gasteiger partial charge in [0.15, 0.2) is 0 Å². The van der Waals surface area contributed by atoms with Crippen molar-refractivity contribution in [1.29, 1.82) is 0 Å². The Bertz CT molecular complexity index is 233. The maximum Gasteiger partial charge on any atom is 0.226 e. The molecule has 0 saturated heterocycles. The Hall–Kier alpha value is -0.530. The average Bonchev–Trinajstić information content (AvgIpc) is 2.34. The largest absolute Gasteiger partial charge is 0.340 e. The lowest BCUT2D eigenvalue weighted by Gasteiger charge is -2.36. The van der Waals surface area contributed by atoms with Crippen LogP contribution in [-0.2, 0) is 4.79 Å². The molecule has 0 aromatic heterocycles. The maximum atomic E-state index is 12.8. The second kappa shape index (κ2) is 8.55. The molecule has 0 spiro atoms. The smallest absolute Gasteiger partial charge is 0.226 e. The van der Waals surface area contributed by atoms with Gasteiger partial charge in [-0.25, -0.2) is 0 Å². The lowest BCUT2D eigenvalue weighted by atomic mass is 9.81. The molecule has 2 nitrogen and oxygen atoms in total. The topological polar surface area (TPSA) is 20.3 Å². The maximum absolute atomic E-state index is 12.8. The molecule has 108 valence electrons. The molecule has 18 heavy (non-hydrogen) atoms. The van der Waals surface area contributed by atoms with Crippen molar-refractivity contribution in [2.75, 3.05) is 6.54 Å². The fourth-order valence-electron chi connectivity index (χ4n) is 2.95. The molecule has 2 unspecified atom stereocenters. The third kappa shape index (κ3) is 4.29. The molecule has 0 bridgehead atoms. The van der Waals surface area contributed by atoms with E-state index in [-0.39, 0.29) is 5.92 Å². The molecule has 0 aromatic carbocycles. The summed E-state index contributed by atoms with van der Waals surface area (Å²) in [4.78, 5) is 14.9.